The van der Waals surface area contributed by atoms with Crippen LogP contribution in [0.4, 0.5) is 0 Å². The Morgan fingerprint density at radius 3 is 1.19 bits per heavy atom. The van der Waals surface area contributed by atoms with Crippen molar-refractivity contribution in [3.63, 3.8) is 0 Å². The van der Waals surface area contributed by atoms with Crippen LogP contribution in [0, 0.1) is 0 Å². The van der Waals surface area contributed by atoms with Gasteiger partial charge in [-0.3, -0.25) is 9.59 Å². The zero-order chi connectivity index (χ0) is 13.0. The molecule has 90 valence electrons. The van der Waals surface area contributed by atoms with E-state index in [4.69, 9.17) is 20.7 Å². The number of carboxylic acids is 2. The molecule has 0 bridgehead atoms. The van der Waals surface area contributed by atoms with Crippen LogP contribution in [-0.2, 0) is 9.59 Å². The molecule has 5 nitrogen and oxygen atoms in total. The number of carboxylic acid groups (broad SMARTS) is 2. The fraction of sp³-hybridized carbons (Fsp3) is 0.273. The van der Waals surface area contributed by atoms with Crippen molar-refractivity contribution >= 4 is 11.9 Å². The molecule has 16 heavy (non-hydrogen) atoms. The Kier molecular flexibility index (Phi) is 11.6. The SMILES string of the molecule is CC(=O)O.CC(N)C(=O)O.c1ccccc1. The van der Waals surface area contributed by atoms with E-state index in [-0.39, 0.29) is 0 Å². The summed E-state index contributed by atoms with van der Waals surface area (Å²) in [6.07, 6.45) is 0. The Hall–Kier alpha value is -1.88. The minimum Gasteiger partial charge on any atom is -0.481 e. The van der Waals surface area contributed by atoms with Crippen LogP contribution in [0.3, 0.4) is 0 Å². The quantitative estimate of drug-likeness (QED) is 0.669. The largest absolute Gasteiger partial charge is 0.481 e. The Balaban J connectivity index is 0. The van der Waals surface area contributed by atoms with Crippen molar-refractivity contribution in [1.29, 1.82) is 0 Å². The van der Waals surface area contributed by atoms with E-state index < -0.39 is 18.0 Å². The molecule has 0 fully saturated rings. The molecule has 1 unspecified atom stereocenters. The number of carbonyl (C=O) groups is 2. The minimum absolute atomic E-state index is 0.731. The van der Waals surface area contributed by atoms with Crippen LogP contribution < -0.4 is 5.73 Å². The molecule has 4 N–H and O–H groups in total. The molecule has 1 rings (SSSR count). The fourth-order valence-electron chi connectivity index (χ4n) is 0.385. The molecule has 1 atom stereocenters. The van der Waals surface area contributed by atoms with Crippen molar-refractivity contribution in [2.75, 3.05) is 0 Å². The second kappa shape index (κ2) is 11.2. The van der Waals surface area contributed by atoms with Crippen molar-refractivity contribution in [3.05, 3.63) is 36.4 Å². The average Bonchev–Trinajstić information content (AvgIpc) is 2.20. The van der Waals surface area contributed by atoms with Gasteiger partial charge >= 0.3 is 5.97 Å². The highest BCUT2D eigenvalue weighted by Crippen LogP contribution is 1.79. The summed E-state index contributed by atoms with van der Waals surface area (Å²) in [5.74, 6) is -1.80. The highest BCUT2D eigenvalue weighted by Gasteiger charge is 1.99. The van der Waals surface area contributed by atoms with E-state index in [1.807, 2.05) is 36.4 Å². The Morgan fingerprint density at radius 1 is 1.00 bits per heavy atom. The van der Waals surface area contributed by atoms with E-state index in [9.17, 15) is 4.79 Å². The average molecular weight is 227 g/mol. The van der Waals surface area contributed by atoms with E-state index in [0.29, 0.717) is 0 Å². The van der Waals surface area contributed by atoms with Crippen LogP contribution in [0.25, 0.3) is 0 Å². The summed E-state index contributed by atoms with van der Waals surface area (Å²) in [7, 11) is 0. The van der Waals surface area contributed by atoms with Gasteiger partial charge in [0.15, 0.2) is 0 Å². The summed E-state index contributed by atoms with van der Waals surface area (Å²) >= 11 is 0. The van der Waals surface area contributed by atoms with Crippen LogP contribution in [0.2, 0.25) is 0 Å². The highest BCUT2D eigenvalue weighted by atomic mass is 16.4. The second-order valence-electron chi connectivity index (χ2n) is 2.80. The molecule has 1 aromatic carbocycles. The maximum Gasteiger partial charge on any atom is 0.320 e. The third kappa shape index (κ3) is 22.7. The molecule has 0 saturated carbocycles. The first kappa shape index (κ1) is 16.5. The molecule has 0 aromatic heterocycles. The van der Waals surface area contributed by atoms with Crippen LogP contribution in [0.5, 0.6) is 0 Å². The third-order valence-electron chi connectivity index (χ3n) is 1.06. The Bertz CT molecular complexity index is 255. The van der Waals surface area contributed by atoms with E-state index in [2.05, 4.69) is 0 Å². The number of rotatable bonds is 1. The topological polar surface area (TPSA) is 101 Å². The summed E-state index contributed by atoms with van der Waals surface area (Å²) < 4.78 is 0. The van der Waals surface area contributed by atoms with Gasteiger partial charge in [0.2, 0.25) is 0 Å². The summed E-state index contributed by atoms with van der Waals surface area (Å²) in [4.78, 5) is 18.6. The van der Waals surface area contributed by atoms with Crippen molar-refractivity contribution in [2.45, 2.75) is 19.9 Å². The van der Waals surface area contributed by atoms with Crippen molar-refractivity contribution in [1.82, 2.24) is 0 Å². The first-order chi connectivity index (χ1) is 7.37. The lowest BCUT2D eigenvalue weighted by atomic mass is 10.4. The van der Waals surface area contributed by atoms with Crippen molar-refractivity contribution < 1.29 is 19.8 Å². The first-order valence-electron chi connectivity index (χ1n) is 4.55. The molecule has 0 saturated heterocycles. The number of benzene rings is 1. The molecule has 0 aliphatic carbocycles. The predicted octanol–water partition coefficient (Wildman–Crippen LogP) is 1.20. The standard InChI is InChI=1S/C6H6.C3H7NO2.C2H4O2/c1-2-4-6-5-3-1;1-2(4)3(5)6;1-2(3)4/h1-6H;2H,4H2,1H3,(H,5,6);1H3,(H,3,4). The molecule has 0 amide bonds. The van der Waals surface area contributed by atoms with Crippen LogP contribution >= 0.6 is 0 Å². The van der Waals surface area contributed by atoms with Gasteiger partial charge in [0.25, 0.3) is 5.97 Å². The van der Waals surface area contributed by atoms with Gasteiger partial charge in [0.1, 0.15) is 6.04 Å². The molecule has 5 heteroatoms. The van der Waals surface area contributed by atoms with E-state index in [0.717, 1.165) is 6.92 Å². The predicted molar refractivity (Wildman–Crippen MR) is 61.0 cm³/mol. The maximum atomic E-state index is 9.57. The van der Waals surface area contributed by atoms with Gasteiger partial charge < -0.3 is 15.9 Å². The van der Waals surface area contributed by atoms with Crippen molar-refractivity contribution in [2.24, 2.45) is 5.73 Å². The molecule has 1 aromatic rings. The molecule has 0 aliphatic heterocycles. The number of hydrogen-bond donors (Lipinski definition) is 3. The Labute approximate surface area is 94.5 Å². The number of hydrogen-bond acceptors (Lipinski definition) is 3. The maximum absolute atomic E-state index is 9.57. The highest BCUT2D eigenvalue weighted by molar-refractivity contribution is 5.72. The summed E-state index contributed by atoms with van der Waals surface area (Å²) in [6.45, 7) is 2.50. The molecule has 0 aliphatic rings. The second-order valence-corrected chi connectivity index (χ2v) is 2.80. The fourth-order valence-corrected chi connectivity index (χ4v) is 0.385. The van der Waals surface area contributed by atoms with Crippen LogP contribution in [-0.4, -0.2) is 28.2 Å². The molecular formula is C11H17NO4. The van der Waals surface area contributed by atoms with Gasteiger partial charge in [0, 0.05) is 6.92 Å². The van der Waals surface area contributed by atoms with Gasteiger partial charge in [-0.2, -0.15) is 0 Å². The van der Waals surface area contributed by atoms with E-state index in [1.165, 1.54) is 6.92 Å². The van der Waals surface area contributed by atoms with Gasteiger partial charge in [-0.05, 0) is 6.92 Å². The zero-order valence-electron chi connectivity index (χ0n) is 9.33. The minimum atomic E-state index is -0.963. The molecular weight excluding hydrogens is 210 g/mol. The normalized spacial score (nSPS) is 9.69. The number of aliphatic carboxylic acids is 2. The van der Waals surface area contributed by atoms with Gasteiger partial charge in [-0.25, -0.2) is 0 Å². The van der Waals surface area contributed by atoms with Gasteiger partial charge in [-0.15, -0.1) is 0 Å². The Morgan fingerprint density at radius 2 is 1.12 bits per heavy atom. The van der Waals surface area contributed by atoms with Gasteiger partial charge in [0.05, 0.1) is 0 Å². The van der Waals surface area contributed by atoms with E-state index >= 15 is 0 Å². The third-order valence-corrected chi connectivity index (χ3v) is 1.06. The molecule has 0 spiro atoms. The smallest absolute Gasteiger partial charge is 0.320 e. The zero-order valence-corrected chi connectivity index (χ0v) is 9.33. The lowest BCUT2D eigenvalue weighted by molar-refractivity contribution is -0.138. The lowest BCUT2D eigenvalue weighted by Crippen LogP contribution is -2.25. The summed E-state index contributed by atoms with van der Waals surface area (Å²) in [6, 6.07) is 11.3. The summed E-state index contributed by atoms with van der Waals surface area (Å²) in [5, 5.41) is 15.3. The van der Waals surface area contributed by atoms with Crippen LogP contribution in [0.15, 0.2) is 36.4 Å². The first-order valence-corrected chi connectivity index (χ1v) is 4.55. The summed E-state index contributed by atoms with van der Waals surface area (Å²) in [5.41, 5.74) is 4.84. The molecule has 0 radical (unpaired) electrons. The van der Waals surface area contributed by atoms with Gasteiger partial charge in [-0.1, -0.05) is 36.4 Å². The monoisotopic (exact) mass is 227 g/mol. The van der Waals surface area contributed by atoms with E-state index in [1.54, 1.807) is 0 Å². The van der Waals surface area contributed by atoms with Crippen molar-refractivity contribution in [3.8, 4) is 0 Å². The number of nitrogens with two attached hydrogens (primary N) is 1. The van der Waals surface area contributed by atoms with Crippen LogP contribution in [0.1, 0.15) is 13.8 Å². The molecule has 0 heterocycles. The lowest BCUT2D eigenvalue weighted by Gasteiger charge is -1.90.